The smallest absolute Gasteiger partial charge is 0.0832 e. The highest BCUT2D eigenvalue weighted by Crippen LogP contribution is 2.19. The highest BCUT2D eigenvalue weighted by molar-refractivity contribution is 5.15. The van der Waals surface area contributed by atoms with Crippen molar-refractivity contribution < 1.29 is 0 Å². The third-order valence-electron chi connectivity index (χ3n) is 1.76. The summed E-state index contributed by atoms with van der Waals surface area (Å²) >= 11 is 0. The van der Waals surface area contributed by atoms with E-state index < -0.39 is 0 Å². The lowest BCUT2D eigenvalue weighted by molar-refractivity contribution is 0.775. The van der Waals surface area contributed by atoms with E-state index in [-0.39, 0.29) is 0 Å². The zero-order valence-corrected chi connectivity index (χ0v) is 6.72. The maximum absolute atomic E-state index is 4.06. The highest BCUT2D eigenvalue weighted by atomic mass is 15.1. The van der Waals surface area contributed by atoms with Gasteiger partial charge in [0.1, 0.15) is 0 Å². The van der Waals surface area contributed by atoms with Crippen molar-refractivity contribution in [2.75, 3.05) is 6.54 Å². The van der Waals surface area contributed by atoms with Crippen LogP contribution in [0, 0.1) is 0 Å². The number of allylic oxidation sites excluding steroid dienone is 1. The molecular weight excluding hydrogens is 124 g/mol. The molecule has 0 amide bonds. The quantitative estimate of drug-likeness (QED) is 0.573. The van der Waals surface area contributed by atoms with Gasteiger partial charge in [-0.25, -0.2) is 0 Å². The first-order valence-corrected chi connectivity index (χ1v) is 3.90. The first-order valence-electron chi connectivity index (χ1n) is 3.90. The minimum absolute atomic E-state index is 0.832. The molecule has 1 aliphatic rings. The van der Waals surface area contributed by atoms with Gasteiger partial charge in [-0.05, 0) is 25.3 Å². The zero-order valence-electron chi connectivity index (χ0n) is 6.72. The fourth-order valence-electron chi connectivity index (χ4n) is 1.01. The van der Waals surface area contributed by atoms with E-state index in [0.717, 1.165) is 13.0 Å². The molecule has 0 aliphatic carbocycles. The van der Waals surface area contributed by atoms with Gasteiger partial charge < -0.3 is 0 Å². The molecule has 10 heavy (non-hydrogen) atoms. The Balaban J connectivity index is 2.38. The number of unbranched alkanes of at least 4 members (excludes halogenated alkanes) is 1. The van der Waals surface area contributed by atoms with Gasteiger partial charge in [0, 0.05) is 0 Å². The minimum atomic E-state index is 0.832. The summed E-state index contributed by atoms with van der Waals surface area (Å²) in [7, 11) is 0. The molecule has 1 rings (SSSR count). The Morgan fingerprint density at radius 1 is 1.50 bits per heavy atom. The normalized spacial score (nSPS) is 17.0. The van der Waals surface area contributed by atoms with Crippen LogP contribution in [-0.2, 0) is 0 Å². The molecule has 0 N–H and O–H groups in total. The molecular formula is C8H14N2. The van der Waals surface area contributed by atoms with E-state index in [1.165, 1.54) is 24.1 Å². The first kappa shape index (κ1) is 7.45. The van der Waals surface area contributed by atoms with E-state index in [2.05, 4.69) is 24.1 Å². The maximum atomic E-state index is 4.06. The van der Waals surface area contributed by atoms with Crippen LogP contribution >= 0.6 is 0 Å². The standard InChI is InChI=1S/C8H14N2/c1-3-4-5-8-7(2)6-9-10-8/h3-6H2,1-2H3. The van der Waals surface area contributed by atoms with Gasteiger partial charge in [0.15, 0.2) is 0 Å². The lowest BCUT2D eigenvalue weighted by atomic mass is 10.1. The Labute approximate surface area is 62.0 Å². The SMILES string of the molecule is CCCCC1=C(C)CN=N1. The van der Waals surface area contributed by atoms with Crippen LogP contribution in [0.25, 0.3) is 0 Å². The van der Waals surface area contributed by atoms with Crippen molar-refractivity contribution in [2.24, 2.45) is 10.2 Å². The van der Waals surface area contributed by atoms with Crippen molar-refractivity contribution in [1.29, 1.82) is 0 Å². The molecule has 0 atom stereocenters. The predicted molar refractivity (Wildman–Crippen MR) is 41.9 cm³/mol. The predicted octanol–water partition coefficient (Wildman–Crippen LogP) is 2.92. The lowest BCUT2D eigenvalue weighted by Gasteiger charge is -1.95. The molecule has 0 fully saturated rings. The van der Waals surface area contributed by atoms with E-state index >= 15 is 0 Å². The number of rotatable bonds is 3. The molecule has 2 heteroatoms. The molecule has 1 aliphatic heterocycles. The van der Waals surface area contributed by atoms with Gasteiger partial charge in [-0.2, -0.15) is 10.2 Å². The molecule has 0 spiro atoms. The molecule has 0 saturated carbocycles. The van der Waals surface area contributed by atoms with Crippen molar-refractivity contribution in [3.63, 3.8) is 0 Å². The number of nitrogens with zero attached hydrogens (tertiary/aromatic N) is 2. The second kappa shape index (κ2) is 3.49. The summed E-state index contributed by atoms with van der Waals surface area (Å²) in [5.74, 6) is 0. The van der Waals surface area contributed by atoms with E-state index in [9.17, 15) is 0 Å². The van der Waals surface area contributed by atoms with E-state index in [1.54, 1.807) is 0 Å². The van der Waals surface area contributed by atoms with Gasteiger partial charge in [-0.15, -0.1) is 0 Å². The van der Waals surface area contributed by atoms with Crippen LogP contribution in [-0.4, -0.2) is 6.54 Å². The molecule has 1 heterocycles. The topological polar surface area (TPSA) is 24.7 Å². The van der Waals surface area contributed by atoms with Crippen molar-refractivity contribution in [3.8, 4) is 0 Å². The largest absolute Gasteiger partial charge is 0.184 e. The van der Waals surface area contributed by atoms with Gasteiger partial charge in [0.2, 0.25) is 0 Å². The summed E-state index contributed by atoms with van der Waals surface area (Å²) < 4.78 is 0. The van der Waals surface area contributed by atoms with Crippen LogP contribution in [0.5, 0.6) is 0 Å². The van der Waals surface area contributed by atoms with Gasteiger partial charge in [-0.1, -0.05) is 13.3 Å². The van der Waals surface area contributed by atoms with E-state index in [0.29, 0.717) is 0 Å². The van der Waals surface area contributed by atoms with Crippen LogP contribution in [0.2, 0.25) is 0 Å². The molecule has 0 unspecified atom stereocenters. The van der Waals surface area contributed by atoms with Crippen LogP contribution in [0.4, 0.5) is 0 Å². The van der Waals surface area contributed by atoms with Gasteiger partial charge >= 0.3 is 0 Å². The van der Waals surface area contributed by atoms with Crippen LogP contribution < -0.4 is 0 Å². The maximum Gasteiger partial charge on any atom is 0.0832 e. The molecule has 0 aromatic rings. The van der Waals surface area contributed by atoms with Crippen molar-refractivity contribution in [1.82, 2.24) is 0 Å². The van der Waals surface area contributed by atoms with Crippen molar-refractivity contribution in [2.45, 2.75) is 33.1 Å². The fraction of sp³-hybridized carbons (Fsp3) is 0.750. The summed E-state index contributed by atoms with van der Waals surface area (Å²) in [6.07, 6.45) is 3.60. The summed E-state index contributed by atoms with van der Waals surface area (Å²) in [5.41, 5.74) is 2.58. The highest BCUT2D eigenvalue weighted by Gasteiger charge is 2.05. The van der Waals surface area contributed by atoms with E-state index in [4.69, 9.17) is 0 Å². The Hall–Kier alpha value is -0.660. The second-order valence-corrected chi connectivity index (χ2v) is 2.73. The summed E-state index contributed by atoms with van der Waals surface area (Å²) in [6, 6.07) is 0. The molecule has 0 saturated heterocycles. The van der Waals surface area contributed by atoms with Gasteiger partial charge in [0.05, 0.1) is 12.2 Å². The third kappa shape index (κ3) is 1.66. The molecule has 0 radical (unpaired) electrons. The summed E-state index contributed by atoms with van der Waals surface area (Å²) in [5, 5.41) is 8.01. The fourth-order valence-corrected chi connectivity index (χ4v) is 1.01. The Morgan fingerprint density at radius 2 is 2.30 bits per heavy atom. The van der Waals surface area contributed by atoms with E-state index in [1.807, 2.05) is 0 Å². The Morgan fingerprint density at radius 3 is 2.80 bits per heavy atom. The van der Waals surface area contributed by atoms with Crippen LogP contribution in [0.3, 0.4) is 0 Å². The molecule has 0 aromatic heterocycles. The number of hydrogen-bond donors (Lipinski definition) is 0. The summed E-state index contributed by atoms with van der Waals surface area (Å²) in [6.45, 7) is 5.14. The van der Waals surface area contributed by atoms with Crippen molar-refractivity contribution >= 4 is 0 Å². The molecule has 56 valence electrons. The monoisotopic (exact) mass is 138 g/mol. The van der Waals surface area contributed by atoms with Gasteiger partial charge in [-0.3, -0.25) is 0 Å². The second-order valence-electron chi connectivity index (χ2n) is 2.73. The first-order chi connectivity index (χ1) is 4.84. The minimum Gasteiger partial charge on any atom is -0.184 e. The zero-order chi connectivity index (χ0) is 7.40. The summed E-state index contributed by atoms with van der Waals surface area (Å²) in [4.78, 5) is 0. The number of hydrogen-bond acceptors (Lipinski definition) is 2. The average molecular weight is 138 g/mol. The van der Waals surface area contributed by atoms with Crippen LogP contribution in [0.1, 0.15) is 33.1 Å². The Bertz CT molecular complexity index is 168. The average Bonchev–Trinajstić information content (AvgIpc) is 2.31. The molecule has 0 aromatic carbocycles. The Kier molecular flexibility index (Phi) is 2.60. The lowest BCUT2D eigenvalue weighted by Crippen LogP contribution is -1.82. The van der Waals surface area contributed by atoms with Gasteiger partial charge in [0.25, 0.3) is 0 Å². The third-order valence-corrected chi connectivity index (χ3v) is 1.76. The molecule has 2 nitrogen and oxygen atoms in total. The number of azo groups is 1. The van der Waals surface area contributed by atoms with Crippen LogP contribution in [0.15, 0.2) is 21.5 Å². The molecule has 0 bridgehead atoms. The van der Waals surface area contributed by atoms with Crippen molar-refractivity contribution in [3.05, 3.63) is 11.3 Å².